The Balaban J connectivity index is 1.20. The molecule has 2 amide bonds. The van der Waals surface area contributed by atoms with E-state index in [0.29, 0.717) is 25.0 Å². The number of carbonyl (C=O) groups is 1. The Labute approximate surface area is 240 Å². The number of piperazine rings is 1. The van der Waals surface area contributed by atoms with E-state index in [4.69, 9.17) is 4.98 Å². The summed E-state index contributed by atoms with van der Waals surface area (Å²) in [4.78, 5) is 31.7. The topological polar surface area (TPSA) is 91.2 Å². The van der Waals surface area contributed by atoms with Crippen molar-refractivity contribution in [2.45, 2.75) is 32.9 Å². The van der Waals surface area contributed by atoms with Crippen molar-refractivity contribution in [2.75, 3.05) is 36.8 Å². The van der Waals surface area contributed by atoms with Crippen LogP contribution >= 0.6 is 0 Å². The van der Waals surface area contributed by atoms with Gasteiger partial charge in [-0.2, -0.15) is 4.98 Å². The standard InChI is InChI=1S/C32H36N8O/c1-22(2)19-38-17-18-39(32(41)36-26-13-8-10-24-9-4-5-11-25(24)26)20-29(38)23(3)35-31-33-16-15-30(37-31)40-21-34-27-12-6-7-14-28(27)40/h4-16,21-23,29H,17-20H2,1-3H3,(H,36,41)(H,33,35,37)/t23-,29-/m0/s1. The molecule has 0 unspecified atom stereocenters. The fourth-order valence-corrected chi connectivity index (χ4v) is 5.73. The third-order valence-electron chi connectivity index (χ3n) is 7.73. The first kappa shape index (κ1) is 26.7. The average Bonchev–Trinajstić information content (AvgIpc) is 3.42. The summed E-state index contributed by atoms with van der Waals surface area (Å²) in [6, 6.07) is 24.0. The van der Waals surface area contributed by atoms with Crippen molar-refractivity contribution in [3.63, 3.8) is 0 Å². The van der Waals surface area contributed by atoms with Gasteiger partial charge in [-0.05, 0) is 42.5 Å². The fraction of sp³-hybridized carbons (Fsp3) is 0.312. The molecule has 5 aromatic rings. The Bertz CT molecular complexity index is 1660. The molecule has 2 aromatic heterocycles. The molecule has 1 fully saturated rings. The maximum absolute atomic E-state index is 13.5. The number of urea groups is 1. The van der Waals surface area contributed by atoms with Crippen LogP contribution in [0.3, 0.4) is 0 Å². The summed E-state index contributed by atoms with van der Waals surface area (Å²) in [6.45, 7) is 9.65. The third kappa shape index (κ3) is 5.71. The van der Waals surface area contributed by atoms with Crippen LogP contribution in [0.4, 0.5) is 16.4 Å². The van der Waals surface area contributed by atoms with Crippen LogP contribution in [0.15, 0.2) is 85.3 Å². The first-order valence-corrected chi connectivity index (χ1v) is 14.3. The molecule has 2 atom stereocenters. The van der Waals surface area contributed by atoms with Gasteiger partial charge in [-0.1, -0.05) is 62.4 Å². The van der Waals surface area contributed by atoms with E-state index in [1.54, 1.807) is 12.5 Å². The second-order valence-corrected chi connectivity index (χ2v) is 11.1. The van der Waals surface area contributed by atoms with Crippen LogP contribution in [0.2, 0.25) is 0 Å². The molecule has 3 aromatic carbocycles. The van der Waals surface area contributed by atoms with Crippen LogP contribution in [0.5, 0.6) is 0 Å². The maximum Gasteiger partial charge on any atom is 0.321 e. The third-order valence-corrected chi connectivity index (χ3v) is 7.73. The zero-order chi connectivity index (χ0) is 28.3. The van der Waals surface area contributed by atoms with E-state index in [2.05, 4.69) is 58.4 Å². The number of nitrogens with zero attached hydrogens (tertiary/aromatic N) is 6. The highest BCUT2D eigenvalue weighted by molar-refractivity contribution is 6.01. The number of rotatable bonds is 7. The van der Waals surface area contributed by atoms with Gasteiger partial charge in [0.05, 0.1) is 16.7 Å². The number of nitrogens with one attached hydrogen (secondary N) is 2. The van der Waals surface area contributed by atoms with Gasteiger partial charge >= 0.3 is 6.03 Å². The molecule has 1 aliphatic heterocycles. The molecule has 2 N–H and O–H groups in total. The van der Waals surface area contributed by atoms with Crippen molar-refractivity contribution < 1.29 is 4.79 Å². The van der Waals surface area contributed by atoms with Crippen molar-refractivity contribution in [1.82, 2.24) is 29.3 Å². The zero-order valence-corrected chi connectivity index (χ0v) is 23.7. The molecule has 0 saturated carbocycles. The van der Waals surface area contributed by atoms with Gasteiger partial charge in [-0.25, -0.2) is 14.8 Å². The van der Waals surface area contributed by atoms with E-state index in [1.165, 1.54) is 0 Å². The molecule has 0 spiro atoms. The van der Waals surface area contributed by atoms with E-state index >= 15 is 0 Å². The Morgan fingerprint density at radius 2 is 1.76 bits per heavy atom. The highest BCUT2D eigenvalue weighted by Crippen LogP contribution is 2.25. The summed E-state index contributed by atoms with van der Waals surface area (Å²) >= 11 is 0. The number of carbonyl (C=O) groups excluding carboxylic acids is 1. The second kappa shape index (κ2) is 11.5. The Kier molecular flexibility index (Phi) is 7.52. The molecule has 1 aliphatic rings. The minimum absolute atomic E-state index is 0.00307. The van der Waals surface area contributed by atoms with Crippen LogP contribution in [0.1, 0.15) is 20.8 Å². The normalized spacial score (nSPS) is 16.8. The number of benzene rings is 3. The van der Waals surface area contributed by atoms with Crippen molar-refractivity contribution in [1.29, 1.82) is 0 Å². The number of amides is 2. The summed E-state index contributed by atoms with van der Waals surface area (Å²) in [6.07, 6.45) is 3.56. The molecular formula is C32H36N8O. The largest absolute Gasteiger partial charge is 0.350 e. The number of hydrogen-bond acceptors (Lipinski definition) is 6. The molecule has 210 valence electrons. The molecule has 9 nitrogen and oxygen atoms in total. The summed E-state index contributed by atoms with van der Waals surface area (Å²) in [5, 5.41) is 8.86. The highest BCUT2D eigenvalue weighted by Gasteiger charge is 2.34. The van der Waals surface area contributed by atoms with Gasteiger partial charge in [0.1, 0.15) is 12.1 Å². The van der Waals surface area contributed by atoms with Gasteiger partial charge in [0.15, 0.2) is 0 Å². The number of para-hydroxylation sites is 2. The molecular weight excluding hydrogens is 512 g/mol. The summed E-state index contributed by atoms with van der Waals surface area (Å²) < 4.78 is 1.97. The molecule has 41 heavy (non-hydrogen) atoms. The van der Waals surface area contributed by atoms with Gasteiger partial charge in [0.25, 0.3) is 0 Å². The van der Waals surface area contributed by atoms with Crippen molar-refractivity contribution >= 4 is 39.5 Å². The number of hydrogen-bond donors (Lipinski definition) is 2. The average molecular weight is 549 g/mol. The van der Waals surface area contributed by atoms with Gasteiger partial charge in [-0.3, -0.25) is 9.47 Å². The van der Waals surface area contributed by atoms with Gasteiger partial charge < -0.3 is 15.5 Å². The number of aromatic nitrogens is 4. The van der Waals surface area contributed by atoms with Crippen molar-refractivity contribution in [3.05, 3.63) is 85.3 Å². The summed E-state index contributed by atoms with van der Waals surface area (Å²) in [7, 11) is 0. The first-order chi connectivity index (χ1) is 20.0. The Morgan fingerprint density at radius 1 is 0.951 bits per heavy atom. The molecule has 0 radical (unpaired) electrons. The lowest BCUT2D eigenvalue weighted by molar-refractivity contribution is 0.0767. The quantitative estimate of drug-likeness (QED) is 0.273. The van der Waals surface area contributed by atoms with Gasteiger partial charge in [-0.15, -0.1) is 0 Å². The highest BCUT2D eigenvalue weighted by atomic mass is 16.2. The van der Waals surface area contributed by atoms with Gasteiger partial charge in [0.2, 0.25) is 5.95 Å². The maximum atomic E-state index is 13.5. The second-order valence-electron chi connectivity index (χ2n) is 11.1. The monoisotopic (exact) mass is 548 g/mol. The fourth-order valence-electron chi connectivity index (χ4n) is 5.73. The number of imidazole rings is 1. The van der Waals surface area contributed by atoms with Crippen LogP contribution < -0.4 is 10.6 Å². The summed E-state index contributed by atoms with van der Waals surface area (Å²) in [5.74, 6) is 1.81. The van der Waals surface area contributed by atoms with Crippen LogP contribution in [-0.2, 0) is 0 Å². The van der Waals surface area contributed by atoms with Crippen LogP contribution in [0.25, 0.3) is 27.6 Å². The predicted octanol–water partition coefficient (Wildman–Crippen LogP) is 5.64. The number of anilines is 2. The van der Waals surface area contributed by atoms with Crippen LogP contribution in [0, 0.1) is 5.92 Å². The lowest BCUT2D eigenvalue weighted by atomic mass is 10.0. The van der Waals surface area contributed by atoms with Gasteiger partial charge in [0, 0.05) is 49.8 Å². The molecule has 6 rings (SSSR count). The lowest BCUT2D eigenvalue weighted by Gasteiger charge is -2.44. The smallest absolute Gasteiger partial charge is 0.321 e. The number of fused-ring (bicyclic) bond motifs is 2. The predicted molar refractivity (Wildman–Crippen MR) is 164 cm³/mol. The SMILES string of the molecule is CC(C)CN1CCN(C(=O)Nc2cccc3ccccc23)C[C@H]1[C@H](C)Nc1nccc(-n2cnc3ccccc32)n1. The lowest BCUT2D eigenvalue weighted by Crippen LogP contribution is -2.60. The molecule has 1 saturated heterocycles. The molecule has 9 heteroatoms. The first-order valence-electron chi connectivity index (χ1n) is 14.3. The van der Waals surface area contributed by atoms with E-state index in [-0.39, 0.29) is 18.1 Å². The van der Waals surface area contributed by atoms with Crippen molar-refractivity contribution in [3.8, 4) is 5.82 Å². The van der Waals surface area contributed by atoms with Crippen molar-refractivity contribution in [2.24, 2.45) is 5.92 Å². The minimum Gasteiger partial charge on any atom is -0.350 e. The van der Waals surface area contributed by atoms with E-state index < -0.39 is 0 Å². The molecule has 3 heterocycles. The summed E-state index contributed by atoms with van der Waals surface area (Å²) in [5.41, 5.74) is 2.74. The Morgan fingerprint density at radius 3 is 2.63 bits per heavy atom. The minimum atomic E-state index is -0.0759. The van der Waals surface area contributed by atoms with E-state index in [1.807, 2.05) is 70.1 Å². The zero-order valence-electron chi connectivity index (χ0n) is 23.7. The van der Waals surface area contributed by atoms with Crippen LogP contribution in [-0.4, -0.2) is 73.6 Å². The molecule has 0 aliphatic carbocycles. The van der Waals surface area contributed by atoms with E-state index in [9.17, 15) is 4.79 Å². The molecule has 0 bridgehead atoms. The Hall–Kier alpha value is -4.50. The van der Waals surface area contributed by atoms with E-state index in [0.717, 1.165) is 46.4 Å².